The minimum Gasteiger partial charge on any atom is -0.444 e. The van der Waals surface area contributed by atoms with Crippen molar-refractivity contribution in [3.8, 4) is 0 Å². The number of aliphatic hydroxyl groups is 1. The van der Waals surface area contributed by atoms with E-state index in [1.165, 1.54) is 0 Å². The van der Waals surface area contributed by atoms with Gasteiger partial charge >= 0.3 is 5.97 Å². The Hall–Kier alpha value is -3.44. The molecule has 0 aliphatic carbocycles. The molecule has 28 heavy (non-hydrogen) atoms. The van der Waals surface area contributed by atoms with Crippen molar-refractivity contribution in [1.29, 1.82) is 0 Å². The zero-order valence-electron chi connectivity index (χ0n) is 15.5. The number of amides is 1. The summed E-state index contributed by atoms with van der Waals surface area (Å²) in [5.41, 5.74) is 3.28. The van der Waals surface area contributed by atoms with Crippen LogP contribution in [0, 0.1) is 6.92 Å². The highest BCUT2D eigenvalue weighted by molar-refractivity contribution is 5.98. The summed E-state index contributed by atoms with van der Waals surface area (Å²) in [4.78, 5) is 25.4. The fraction of sp³-hybridized carbons (Fsp3) is 0.130. The number of carbonyl (C=O) groups excluding carboxylic acids is 2. The lowest BCUT2D eigenvalue weighted by atomic mass is 10.1. The van der Waals surface area contributed by atoms with Gasteiger partial charge in [0, 0.05) is 11.3 Å². The highest BCUT2D eigenvalue weighted by atomic mass is 16.5. The minimum absolute atomic E-state index is 0.110. The van der Waals surface area contributed by atoms with E-state index in [1.807, 2.05) is 25.1 Å². The first-order chi connectivity index (χ1) is 13.6. The third-order valence-corrected chi connectivity index (χ3v) is 4.26. The molecule has 0 radical (unpaired) electrons. The van der Waals surface area contributed by atoms with Crippen molar-refractivity contribution >= 4 is 17.6 Å². The highest BCUT2D eigenvalue weighted by Crippen LogP contribution is 2.22. The lowest BCUT2D eigenvalue weighted by molar-refractivity contribution is -0.125. The molecule has 0 heterocycles. The molecule has 0 aliphatic rings. The summed E-state index contributed by atoms with van der Waals surface area (Å²) in [6.07, 6.45) is -1.09. The predicted molar refractivity (Wildman–Crippen MR) is 107 cm³/mol. The van der Waals surface area contributed by atoms with Crippen LogP contribution in [0.3, 0.4) is 0 Å². The van der Waals surface area contributed by atoms with E-state index in [0.29, 0.717) is 22.4 Å². The van der Waals surface area contributed by atoms with Gasteiger partial charge in [0.05, 0.1) is 12.2 Å². The van der Waals surface area contributed by atoms with Crippen molar-refractivity contribution in [2.45, 2.75) is 19.6 Å². The van der Waals surface area contributed by atoms with Crippen LogP contribution in [-0.4, -0.2) is 17.0 Å². The average molecular weight is 375 g/mol. The molecule has 0 fully saturated rings. The normalized spacial score (nSPS) is 11.5. The number of ether oxygens (including phenoxy) is 1. The van der Waals surface area contributed by atoms with E-state index in [1.54, 1.807) is 60.7 Å². The lowest BCUT2D eigenvalue weighted by Gasteiger charge is -2.18. The second-order valence-corrected chi connectivity index (χ2v) is 6.41. The molecular formula is C23H21NO4. The number of anilines is 1. The summed E-state index contributed by atoms with van der Waals surface area (Å²) in [6.45, 7) is 1.85. The van der Waals surface area contributed by atoms with Crippen molar-refractivity contribution in [2.24, 2.45) is 0 Å². The lowest BCUT2D eigenvalue weighted by Crippen LogP contribution is -2.26. The Morgan fingerprint density at radius 2 is 1.57 bits per heavy atom. The quantitative estimate of drug-likeness (QED) is 0.638. The van der Waals surface area contributed by atoms with Crippen molar-refractivity contribution in [3.05, 3.63) is 101 Å². The van der Waals surface area contributed by atoms with Crippen LogP contribution in [0.15, 0.2) is 78.9 Å². The Kier molecular flexibility index (Phi) is 6.19. The van der Waals surface area contributed by atoms with Gasteiger partial charge in [0.1, 0.15) is 0 Å². The van der Waals surface area contributed by atoms with E-state index >= 15 is 0 Å². The van der Waals surface area contributed by atoms with E-state index in [-0.39, 0.29) is 6.61 Å². The molecule has 3 aromatic rings. The molecule has 1 amide bonds. The van der Waals surface area contributed by atoms with Gasteiger partial charge in [-0.2, -0.15) is 0 Å². The van der Waals surface area contributed by atoms with Crippen LogP contribution >= 0.6 is 0 Å². The van der Waals surface area contributed by atoms with E-state index in [9.17, 15) is 9.59 Å². The van der Waals surface area contributed by atoms with Gasteiger partial charge in [-0.25, -0.2) is 4.79 Å². The molecular weight excluding hydrogens is 354 g/mol. The van der Waals surface area contributed by atoms with Gasteiger partial charge in [0.25, 0.3) is 5.91 Å². The summed E-state index contributed by atoms with van der Waals surface area (Å²) in [5, 5.41) is 11.9. The predicted octanol–water partition coefficient (Wildman–Crippen LogP) is 4.02. The first-order valence-electron chi connectivity index (χ1n) is 8.90. The van der Waals surface area contributed by atoms with Crippen molar-refractivity contribution in [2.75, 3.05) is 5.32 Å². The zero-order valence-corrected chi connectivity index (χ0v) is 15.5. The standard InChI is InChI=1S/C23H21NO4/c1-16-7-13-20(14-8-16)24-22(26)21(18-5-3-2-4-6-18)28-23(27)19-11-9-17(15-25)10-12-19/h2-14,21,25H,15H2,1H3,(H,24,26)/t21-/m0/s1. The Morgan fingerprint density at radius 1 is 0.929 bits per heavy atom. The number of hydrogen-bond acceptors (Lipinski definition) is 4. The summed E-state index contributed by atoms with van der Waals surface area (Å²) in [5.74, 6) is -1.05. The van der Waals surface area contributed by atoms with Crippen LogP contribution in [-0.2, 0) is 16.1 Å². The van der Waals surface area contributed by atoms with E-state index in [2.05, 4.69) is 5.32 Å². The molecule has 0 aliphatic heterocycles. The Bertz CT molecular complexity index is 935. The van der Waals surface area contributed by atoms with Gasteiger partial charge in [-0.15, -0.1) is 0 Å². The molecule has 0 bridgehead atoms. The van der Waals surface area contributed by atoms with Gasteiger partial charge < -0.3 is 15.2 Å². The molecule has 5 nitrogen and oxygen atoms in total. The second-order valence-electron chi connectivity index (χ2n) is 6.41. The van der Waals surface area contributed by atoms with Gasteiger partial charge in [-0.1, -0.05) is 60.2 Å². The van der Waals surface area contributed by atoms with Crippen LogP contribution in [0.1, 0.15) is 33.2 Å². The van der Waals surface area contributed by atoms with E-state index < -0.39 is 18.0 Å². The van der Waals surface area contributed by atoms with Crippen molar-refractivity contribution < 1.29 is 19.4 Å². The first-order valence-corrected chi connectivity index (χ1v) is 8.90. The molecule has 0 saturated heterocycles. The van der Waals surface area contributed by atoms with Crippen molar-refractivity contribution in [3.63, 3.8) is 0 Å². The van der Waals surface area contributed by atoms with Crippen LogP contribution in [0.4, 0.5) is 5.69 Å². The topological polar surface area (TPSA) is 75.6 Å². The zero-order chi connectivity index (χ0) is 19.9. The van der Waals surface area contributed by atoms with Crippen LogP contribution in [0.5, 0.6) is 0 Å². The van der Waals surface area contributed by atoms with E-state index in [0.717, 1.165) is 5.56 Å². The van der Waals surface area contributed by atoms with E-state index in [4.69, 9.17) is 9.84 Å². The molecule has 0 aromatic heterocycles. The van der Waals surface area contributed by atoms with Gasteiger partial charge in [-0.3, -0.25) is 4.79 Å². The Labute approximate surface area is 163 Å². The van der Waals surface area contributed by atoms with Gasteiger partial charge in [-0.05, 0) is 36.8 Å². The monoisotopic (exact) mass is 375 g/mol. The molecule has 5 heteroatoms. The maximum absolute atomic E-state index is 12.8. The fourth-order valence-corrected chi connectivity index (χ4v) is 2.67. The number of hydrogen-bond donors (Lipinski definition) is 2. The summed E-state index contributed by atoms with van der Waals surface area (Å²) >= 11 is 0. The maximum atomic E-state index is 12.8. The number of aliphatic hydroxyl groups excluding tert-OH is 1. The third-order valence-electron chi connectivity index (χ3n) is 4.26. The highest BCUT2D eigenvalue weighted by Gasteiger charge is 2.25. The SMILES string of the molecule is Cc1ccc(NC(=O)[C@@H](OC(=O)c2ccc(CO)cc2)c2ccccc2)cc1. The molecule has 0 unspecified atom stereocenters. The molecule has 142 valence electrons. The molecule has 1 atom stereocenters. The third kappa shape index (κ3) is 4.84. The fourth-order valence-electron chi connectivity index (χ4n) is 2.67. The second kappa shape index (κ2) is 8.97. The number of benzene rings is 3. The van der Waals surface area contributed by atoms with Crippen molar-refractivity contribution in [1.82, 2.24) is 0 Å². The summed E-state index contributed by atoms with van der Waals surface area (Å²) in [6, 6.07) is 22.6. The minimum atomic E-state index is -1.09. The largest absolute Gasteiger partial charge is 0.444 e. The summed E-state index contributed by atoms with van der Waals surface area (Å²) < 4.78 is 5.54. The number of nitrogens with one attached hydrogen (secondary N) is 1. The molecule has 3 aromatic carbocycles. The number of esters is 1. The van der Waals surface area contributed by atoms with Crippen LogP contribution < -0.4 is 5.32 Å². The molecule has 3 rings (SSSR count). The average Bonchev–Trinajstić information content (AvgIpc) is 2.74. The maximum Gasteiger partial charge on any atom is 0.339 e. The molecule has 0 spiro atoms. The number of aryl methyl sites for hydroxylation is 1. The molecule has 0 saturated carbocycles. The van der Waals surface area contributed by atoms with Gasteiger partial charge in [0.2, 0.25) is 6.10 Å². The Balaban J connectivity index is 1.81. The smallest absolute Gasteiger partial charge is 0.339 e. The number of rotatable bonds is 6. The molecule has 2 N–H and O–H groups in total. The Morgan fingerprint density at radius 3 is 2.18 bits per heavy atom. The summed E-state index contributed by atoms with van der Waals surface area (Å²) in [7, 11) is 0. The number of carbonyl (C=O) groups is 2. The van der Waals surface area contributed by atoms with Gasteiger partial charge in [0.15, 0.2) is 0 Å². The van der Waals surface area contributed by atoms with Crippen LogP contribution in [0.25, 0.3) is 0 Å². The first kappa shape index (κ1) is 19.3. The van der Waals surface area contributed by atoms with Crippen LogP contribution in [0.2, 0.25) is 0 Å².